The lowest BCUT2D eigenvalue weighted by atomic mass is 10.0. The zero-order valence-electron chi connectivity index (χ0n) is 14.7. The first-order valence-corrected chi connectivity index (χ1v) is 10.0. The quantitative estimate of drug-likeness (QED) is 0.692. The predicted octanol–water partition coefficient (Wildman–Crippen LogP) is 4.52. The van der Waals surface area contributed by atoms with Crippen LogP contribution in [0.1, 0.15) is 36.4 Å². The van der Waals surface area contributed by atoms with Gasteiger partial charge in [0.05, 0.1) is 12.6 Å². The van der Waals surface area contributed by atoms with Gasteiger partial charge in [-0.3, -0.25) is 4.79 Å². The van der Waals surface area contributed by atoms with Crippen molar-refractivity contribution >= 4 is 17.7 Å². The molecule has 1 aliphatic heterocycles. The van der Waals surface area contributed by atoms with Crippen molar-refractivity contribution in [2.45, 2.75) is 36.6 Å². The van der Waals surface area contributed by atoms with Gasteiger partial charge in [0, 0.05) is 23.7 Å². The Labute approximate surface area is 158 Å². The van der Waals surface area contributed by atoms with Gasteiger partial charge in [0.15, 0.2) is 0 Å². The van der Waals surface area contributed by atoms with Crippen LogP contribution in [-0.4, -0.2) is 24.9 Å². The van der Waals surface area contributed by atoms with Gasteiger partial charge in [0.2, 0.25) is 5.91 Å². The molecule has 0 saturated carbocycles. The van der Waals surface area contributed by atoms with Gasteiger partial charge in [0.25, 0.3) is 0 Å². The van der Waals surface area contributed by atoms with E-state index in [-0.39, 0.29) is 17.8 Å². The average molecular weight is 373 g/mol. The fourth-order valence-electron chi connectivity index (χ4n) is 3.05. The second-order valence-corrected chi connectivity index (χ2v) is 7.53. The standard InChI is InChI=1S/C21H24FNO2S/c22-17-8-9-20-18(15-17)19(11-14-26-20)23-21(24)7-4-12-25-13-10-16-5-2-1-3-6-16/h1-3,5-6,8-9,15,19H,4,7,10-14H2,(H,23,24). The lowest BCUT2D eigenvalue weighted by molar-refractivity contribution is -0.122. The molecule has 1 atom stereocenters. The maximum atomic E-state index is 13.5. The van der Waals surface area contributed by atoms with Crippen molar-refractivity contribution < 1.29 is 13.9 Å². The monoisotopic (exact) mass is 373 g/mol. The second-order valence-electron chi connectivity index (χ2n) is 6.39. The smallest absolute Gasteiger partial charge is 0.220 e. The van der Waals surface area contributed by atoms with Crippen molar-refractivity contribution in [3.63, 3.8) is 0 Å². The summed E-state index contributed by atoms with van der Waals surface area (Å²) in [5.74, 6) is 0.688. The number of hydrogen-bond acceptors (Lipinski definition) is 3. The molecule has 1 aliphatic rings. The van der Waals surface area contributed by atoms with E-state index in [1.165, 1.54) is 11.6 Å². The number of halogens is 1. The third-order valence-electron chi connectivity index (χ3n) is 4.42. The summed E-state index contributed by atoms with van der Waals surface area (Å²) < 4.78 is 19.1. The van der Waals surface area contributed by atoms with E-state index in [0.29, 0.717) is 26.1 Å². The summed E-state index contributed by atoms with van der Waals surface area (Å²) in [5.41, 5.74) is 2.15. The summed E-state index contributed by atoms with van der Waals surface area (Å²) in [6, 6.07) is 14.9. The van der Waals surface area contributed by atoms with Gasteiger partial charge in [-0.15, -0.1) is 11.8 Å². The Bertz CT molecular complexity index is 723. The van der Waals surface area contributed by atoms with Crippen LogP contribution in [0.5, 0.6) is 0 Å². The molecule has 0 spiro atoms. The molecule has 5 heteroatoms. The first kappa shape index (κ1) is 18.9. The molecule has 0 bridgehead atoms. The highest BCUT2D eigenvalue weighted by Gasteiger charge is 2.22. The SMILES string of the molecule is O=C(CCCOCCc1ccccc1)NC1CCSc2ccc(F)cc21. The molecule has 3 nitrogen and oxygen atoms in total. The fourth-order valence-corrected chi connectivity index (χ4v) is 4.16. The van der Waals surface area contributed by atoms with E-state index in [9.17, 15) is 9.18 Å². The van der Waals surface area contributed by atoms with E-state index in [1.54, 1.807) is 23.9 Å². The highest BCUT2D eigenvalue weighted by Crippen LogP contribution is 2.36. The fraction of sp³-hybridized carbons (Fsp3) is 0.381. The summed E-state index contributed by atoms with van der Waals surface area (Å²) in [7, 11) is 0. The van der Waals surface area contributed by atoms with Crippen LogP contribution in [0.3, 0.4) is 0 Å². The molecule has 0 saturated heterocycles. The van der Waals surface area contributed by atoms with Crippen LogP contribution < -0.4 is 5.32 Å². The van der Waals surface area contributed by atoms with E-state index in [4.69, 9.17) is 4.74 Å². The zero-order valence-corrected chi connectivity index (χ0v) is 15.6. The summed E-state index contributed by atoms with van der Waals surface area (Å²) in [6.07, 6.45) is 2.84. The first-order valence-electron chi connectivity index (χ1n) is 9.05. The lowest BCUT2D eigenvalue weighted by Gasteiger charge is -2.26. The molecule has 26 heavy (non-hydrogen) atoms. The number of nitrogens with one attached hydrogen (secondary N) is 1. The van der Waals surface area contributed by atoms with Crippen LogP contribution >= 0.6 is 11.8 Å². The molecule has 0 aromatic heterocycles. The van der Waals surface area contributed by atoms with Gasteiger partial charge in [-0.25, -0.2) is 4.39 Å². The first-order chi connectivity index (χ1) is 12.7. The number of carbonyl (C=O) groups excluding carboxylic acids is 1. The topological polar surface area (TPSA) is 38.3 Å². The van der Waals surface area contributed by atoms with Crippen molar-refractivity contribution in [3.8, 4) is 0 Å². The highest BCUT2D eigenvalue weighted by molar-refractivity contribution is 7.99. The predicted molar refractivity (Wildman–Crippen MR) is 103 cm³/mol. The van der Waals surface area contributed by atoms with Crippen molar-refractivity contribution in [2.75, 3.05) is 19.0 Å². The number of fused-ring (bicyclic) bond motifs is 1. The number of hydrogen-bond donors (Lipinski definition) is 1. The Hall–Kier alpha value is -1.85. The van der Waals surface area contributed by atoms with Crippen LogP contribution in [0, 0.1) is 5.82 Å². The molecule has 2 aromatic carbocycles. The summed E-state index contributed by atoms with van der Waals surface area (Å²) >= 11 is 1.72. The molecule has 1 unspecified atom stereocenters. The Balaban J connectivity index is 1.35. The van der Waals surface area contributed by atoms with E-state index in [2.05, 4.69) is 17.4 Å². The second kappa shape index (κ2) is 9.74. The Kier molecular flexibility index (Phi) is 7.09. The number of benzene rings is 2. The van der Waals surface area contributed by atoms with Gasteiger partial charge in [-0.1, -0.05) is 30.3 Å². The van der Waals surface area contributed by atoms with Crippen LogP contribution in [0.25, 0.3) is 0 Å². The van der Waals surface area contributed by atoms with Crippen LogP contribution in [-0.2, 0) is 16.0 Å². The molecule has 2 aromatic rings. The van der Waals surface area contributed by atoms with Crippen molar-refractivity contribution in [1.29, 1.82) is 0 Å². The van der Waals surface area contributed by atoms with Crippen LogP contribution in [0.4, 0.5) is 4.39 Å². The normalized spacial score (nSPS) is 16.1. The number of ether oxygens (including phenoxy) is 1. The van der Waals surface area contributed by atoms with Crippen molar-refractivity contribution in [2.24, 2.45) is 0 Å². The summed E-state index contributed by atoms with van der Waals surface area (Å²) in [5, 5.41) is 3.04. The average Bonchev–Trinajstić information content (AvgIpc) is 2.66. The van der Waals surface area contributed by atoms with Crippen molar-refractivity contribution in [1.82, 2.24) is 5.32 Å². The molecular weight excluding hydrogens is 349 g/mol. The Morgan fingerprint density at radius 2 is 2.04 bits per heavy atom. The Morgan fingerprint density at radius 3 is 2.88 bits per heavy atom. The molecule has 0 aliphatic carbocycles. The number of rotatable bonds is 8. The third kappa shape index (κ3) is 5.58. The number of thioether (sulfide) groups is 1. The van der Waals surface area contributed by atoms with Crippen LogP contribution in [0.2, 0.25) is 0 Å². The van der Waals surface area contributed by atoms with E-state index >= 15 is 0 Å². The third-order valence-corrected chi connectivity index (χ3v) is 5.54. The molecule has 1 N–H and O–H groups in total. The van der Waals surface area contributed by atoms with Gasteiger partial charge in [0.1, 0.15) is 5.82 Å². The molecular formula is C21H24FNO2S. The van der Waals surface area contributed by atoms with E-state index < -0.39 is 0 Å². The largest absolute Gasteiger partial charge is 0.381 e. The summed E-state index contributed by atoms with van der Waals surface area (Å²) in [6.45, 7) is 1.24. The van der Waals surface area contributed by atoms with Gasteiger partial charge < -0.3 is 10.1 Å². The van der Waals surface area contributed by atoms with Gasteiger partial charge in [-0.05, 0) is 48.6 Å². The molecule has 0 fully saturated rings. The lowest BCUT2D eigenvalue weighted by Crippen LogP contribution is -2.30. The maximum absolute atomic E-state index is 13.5. The molecule has 3 rings (SSSR count). The zero-order chi connectivity index (χ0) is 18.2. The number of carbonyl (C=O) groups is 1. The molecule has 1 amide bonds. The van der Waals surface area contributed by atoms with Gasteiger partial charge >= 0.3 is 0 Å². The van der Waals surface area contributed by atoms with E-state index in [1.807, 2.05) is 18.2 Å². The minimum atomic E-state index is -0.252. The van der Waals surface area contributed by atoms with E-state index in [0.717, 1.165) is 29.1 Å². The highest BCUT2D eigenvalue weighted by atomic mass is 32.2. The molecule has 138 valence electrons. The number of amides is 1. The van der Waals surface area contributed by atoms with Crippen LogP contribution in [0.15, 0.2) is 53.4 Å². The molecule has 0 radical (unpaired) electrons. The Morgan fingerprint density at radius 1 is 1.19 bits per heavy atom. The minimum absolute atomic E-state index is 0.00349. The minimum Gasteiger partial charge on any atom is -0.381 e. The molecule has 1 heterocycles. The van der Waals surface area contributed by atoms with Crippen molar-refractivity contribution in [3.05, 3.63) is 65.5 Å². The summed E-state index contributed by atoms with van der Waals surface area (Å²) in [4.78, 5) is 13.3. The van der Waals surface area contributed by atoms with Gasteiger partial charge in [-0.2, -0.15) is 0 Å². The maximum Gasteiger partial charge on any atom is 0.220 e.